The molecular formula is C15H25BrN2S. The first-order chi connectivity index (χ1) is 9.08. The molecule has 19 heavy (non-hydrogen) atoms. The molecular weight excluding hydrogens is 320 g/mol. The van der Waals surface area contributed by atoms with Gasteiger partial charge in [0.25, 0.3) is 0 Å². The van der Waals surface area contributed by atoms with Crippen LogP contribution in [0.25, 0.3) is 0 Å². The van der Waals surface area contributed by atoms with Crippen LogP contribution in [-0.4, -0.2) is 31.1 Å². The van der Waals surface area contributed by atoms with E-state index in [1.54, 1.807) is 0 Å². The number of aryl methyl sites for hydroxylation is 1. The van der Waals surface area contributed by atoms with E-state index in [0.29, 0.717) is 6.04 Å². The van der Waals surface area contributed by atoms with Crippen molar-refractivity contribution in [3.63, 3.8) is 0 Å². The van der Waals surface area contributed by atoms with Crippen LogP contribution >= 0.6 is 27.3 Å². The lowest BCUT2D eigenvalue weighted by molar-refractivity contribution is 0.162. The minimum Gasteiger partial charge on any atom is -0.314 e. The van der Waals surface area contributed by atoms with E-state index >= 15 is 0 Å². The summed E-state index contributed by atoms with van der Waals surface area (Å²) < 4.78 is 1.30. The van der Waals surface area contributed by atoms with Crippen LogP contribution in [0.5, 0.6) is 0 Å². The van der Waals surface area contributed by atoms with Crippen molar-refractivity contribution in [3.8, 4) is 0 Å². The van der Waals surface area contributed by atoms with Gasteiger partial charge in [-0.1, -0.05) is 13.8 Å². The average Bonchev–Trinajstić information content (AvgIpc) is 2.70. The van der Waals surface area contributed by atoms with Crippen molar-refractivity contribution in [2.24, 2.45) is 5.92 Å². The molecule has 1 atom stereocenters. The maximum atomic E-state index is 3.68. The van der Waals surface area contributed by atoms with E-state index in [4.69, 9.17) is 0 Å². The second-order valence-corrected chi connectivity index (χ2v) is 8.28. The van der Waals surface area contributed by atoms with Gasteiger partial charge in [-0.25, -0.2) is 0 Å². The topological polar surface area (TPSA) is 15.3 Å². The third kappa shape index (κ3) is 4.28. The summed E-state index contributed by atoms with van der Waals surface area (Å²) >= 11 is 5.60. The maximum Gasteiger partial charge on any atom is 0.0731 e. The van der Waals surface area contributed by atoms with Crippen molar-refractivity contribution in [2.45, 2.75) is 39.7 Å². The first kappa shape index (κ1) is 15.5. The van der Waals surface area contributed by atoms with Crippen LogP contribution in [0, 0.1) is 12.8 Å². The largest absolute Gasteiger partial charge is 0.314 e. The van der Waals surface area contributed by atoms with Crippen LogP contribution in [0.4, 0.5) is 0 Å². The molecule has 1 aliphatic rings. The maximum absolute atomic E-state index is 3.68. The molecule has 0 unspecified atom stereocenters. The fourth-order valence-electron chi connectivity index (χ4n) is 2.64. The second kappa shape index (κ2) is 7.21. The van der Waals surface area contributed by atoms with Gasteiger partial charge in [-0.05, 0) is 53.2 Å². The molecule has 1 fully saturated rings. The molecule has 4 heteroatoms. The molecule has 1 saturated heterocycles. The third-order valence-corrected chi connectivity index (χ3v) is 6.05. The van der Waals surface area contributed by atoms with E-state index in [1.165, 1.54) is 40.2 Å². The van der Waals surface area contributed by atoms with Gasteiger partial charge in [0.15, 0.2) is 0 Å². The summed E-state index contributed by atoms with van der Waals surface area (Å²) in [5, 5.41) is 3.45. The standard InChI is InChI=1S/C15H25BrN2S/c1-11(2)4-5-13(18-8-6-17-7-9-18)14-10-12(3)15(16)19-14/h10-11,13,17H,4-9H2,1-3H3/t13-/m1/s1. The van der Waals surface area contributed by atoms with Crippen LogP contribution in [0.15, 0.2) is 9.85 Å². The average molecular weight is 345 g/mol. The zero-order valence-electron chi connectivity index (χ0n) is 12.2. The first-order valence-corrected chi connectivity index (χ1v) is 8.89. The minimum absolute atomic E-state index is 0.611. The monoisotopic (exact) mass is 344 g/mol. The highest BCUT2D eigenvalue weighted by Gasteiger charge is 2.24. The number of nitrogens with zero attached hydrogens (tertiary/aromatic N) is 1. The van der Waals surface area contributed by atoms with Crippen LogP contribution < -0.4 is 5.32 Å². The number of nitrogens with one attached hydrogen (secondary N) is 1. The number of thiophene rings is 1. The molecule has 2 rings (SSSR count). The molecule has 1 aromatic rings. The van der Waals surface area contributed by atoms with Gasteiger partial charge in [0.05, 0.1) is 3.79 Å². The summed E-state index contributed by atoms with van der Waals surface area (Å²) in [6.45, 7) is 11.5. The summed E-state index contributed by atoms with van der Waals surface area (Å²) in [7, 11) is 0. The van der Waals surface area contributed by atoms with Gasteiger partial charge in [0.2, 0.25) is 0 Å². The van der Waals surface area contributed by atoms with Gasteiger partial charge in [0, 0.05) is 37.1 Å². The summed E-state index contributed by atoms with van der Waals surface area (Å²) in [4.78, 5) is 4.20. The molecule has 2 nitrogen and oxygen atoms in total. The fourth-order valence-corrected chi connectivity index (χ4v) is 4.38. The van der Waals surface area contributed by atoms with Crippen molar-refractivity contribution >= 4 is 27.3 Å². The van der Waals surface area contributed by atoms with Crippen molar-refractivity contribution in [3.05, 3.63) is 20.3 Å². The van der Waals surface area contributed by atoms with Crippen molar-refractivity contribution < 1.29 is 0 Å². The molecule has 0 saturated carbocycles. The first-order valence-electron chi connectivity index (χ1n) is 7.28. The molecule has 0 bridgehead atoms. The van der Waals surface area contributed by atoms with Gasteiger partial charge in [0.1, 0.15) is 0 Å². The molecule has 0 radical (unpaired) electrons. The number of halogens is 1. The number of rotatable bonds is 5. The second-order valence-electron chi connectivity index (χ2n) is 5.88. The van der Waals surface area contributed by atoms with Gasteiger partial charge in [-0.15, -0.1) is 11.3 Å². The fraction of sp³-hybridized carbons (Fsp3) is 0.733. The smallest absolute Gasteiger partial charge is 0.0731 e. The predicted octanol–water partition coefficient (Wildman–Crippen LogP) is 4.20. The number of piperazine rings is 1. The van der Waals surface area contributed by atoms with Gasteiger partial charge in [-0.2, -0.15) is 0 Å². The van der Waals surface area contributed by atoms with E-state index in [1.807, 2.05) is 11.3 Å². The lowest BCUT2D eigenvalue weighted by Crippen LogP contribution is -2.45. The summed E-state index contributed by atoms with van der Waals surface area (Å²) in [6.07, 6.45) is 2.59. The van der Waals surface area contributed by atoms with E-state index in [-0.39, 0.29) is 0 Å². The Hall–Kier alpha value is 0.100. The Bertz CT molecular complexity index is 377. The van der Waals surface area contributed by atoms with Crippen LogP contribution in [0.2, 0.25) is 0 Å². The van der Waals surface area contributed by atoms with Gasteiger partial charge < -0.3 is 5.32 Å². The molecule has 1 aromatic heterocycles. The molecule has 2 heterocycles. The Balaban J connectivity index is 2.12. The lowest BCUT2D eigenvalue weighted by atomic mass is 10.0. The lowest BCUT2D eigenvalue weighted by Gasteiger charge is -2.35. The molecule has 0 spiro atoms. The molecule has 108 valence electrons. The van der Waals surface area contributed by atoms with Crippen molar-refractivity contribution in [2.75, 3.05) is 26.2 Å². The predicted molar refractivity (Wildman–Crippen MR) is 88.0 cm³/mol. The molecule has 0 aromatic carbocycles. The highest BCUT2D eigenvalue weighted by Crippen LogP contribution is 2.36. The Morgan fingerprint density at radius 2 is 2.00 bits per heavy atom. The van der Waals surface area contributed by atoms with E-state index in [2.05, 4.69) is 53.0 Å². The third-order valence-electron chi connectivity index (χ3n) is 3.81. The highest BCUT2D eigenvalue weighted by atomic mass is 79.9. The SMILES string of the molecule is Cc1cc([C@@H](CCC(C)C)N2CCNCC2)sc1Br. The number of hydrogen-bond acceptors (Lipinski definition) is 3. The molecule has 1 aliphatic heterocycles. The van der Waals surface area contributed by atoms with E-state index < -0.39 is 0 Å². The summed E-state index contributed by atoms with van der Waals surface area (Å²) in [5.41, 5.74) is 1.38. The highest BCUT2D eigenvalue weighted by molar-refractivity contribution is 9.11. The van der Waals surface area contributed by atoms with Crippen LogP contribution in [0.3, 0.4) is 0 Å². The van der Waals surface area contributed by atoms with E-state index in [9.17, 15) is 0 Å². The van der Waals surface area contributed by atoms with Crippen LogP contribution in [0.1, 0.15) is 43.2 Å². The quantitative estimate of drug-likeness (QED) is 0.860. The van der Waals surface area contributed by atoms with Gasteiger partial charge >= 0.3 is 0 Å². The van der Waals surface area contributed by atoms with E-state index in [0.717, 1.165) is 19.0 Å². The zero-order valence-corrected chi connectivity index (χ0v) is 14.6. The van der Waals surface area contributed by atoms with Crippen molar-refractivity contribution in [1.29, 1.82) is 0 Å². The molecule has 0 amide bonds. The van der Waals surface area contributed by atoms with Crippen LogP contribution in [-0.2, 0) is 0 Å². The molecule has 1 N–H and O–H groups in total. The van der Waals surface area contributed by atoms with Crippen molar-refractivity contribution in [1.82, 2.24) is 10.2 Å². The summed E-state index contributed by atoms with van der Waals surface area (Å²) in [6, 6.07) is 2.99. The normalized spacial score (nSPS) is 19.0. The summed E-state index contributed by atoms with van der Waals surface area (Å²) in [5.74, 6) is 0.787. The Morgan fingerprint density at radius 1 is 1.32 bits per heavy atom. The Morgan fingerprint density at radius 3 is 2.53 bits per heavy atom. The van der Waals surface area contributed by atoms with Gasteiger partial charge in [-0.3, -0.25) is 4.90 Å². The number of hydrogen-bond donors (Lipinski definition) is 1. The minimum atomic E-state index is 0.611. The Kier molecular flexibility index (Phi) is 5.87. The molecule has 0 aliphatic carbocycles. The Labute approximate surface area is 129 Å². The zero-order chi connectivity index (χ0) is 13.8.